The average Bonchev–Trinajstić information content (AvgIpc) is 3.07. The Hall–Kier alpha value is -4.39. The first kappa shape index (κ1) is 20.2. The van der Waals surface area contributed by atoms with E-state index >= 15 is 0 Å². The van der Waals surface area contributed by atoms with Gasteiger partial charge in [0.1, 0.15) is 17.6 Å². The quantitative estimate of drug-likeness (QED) is 0.298. The lowest BCUT2D eigenvalue weighted by molar-refractivity contribution is -0.135. The molecule has 34 heavy (non-hydrogen) atoms. The fourth-order valence-corrected chi connectivity index (χ4v) is 4.90. The Morgan fingerprint density at radius 2 is 1.65 bits per heavy atom. The molecule has 0 N–H and O–H groups in total. The number of aromatic nitrogens is 2. The molecule has 1 atom stereocenters. The average molecular weight is 452 g/mol. The van der Waals surface area contributed by atoms with E-state index in [-0.39, 0.29) is 29.4 Å². The van der Waals surface area contributed by atoms with Gasteiger partial charge in [-0.2, -0.15) is 0 Å². The van der Waals surface area contributed by atoms with Crippen LogP contribution in [0.15, 0.2) is 80.9 Å². The molecule has 0 saturated heterocycles. The van der Waals surface area contributed by atoms with E-state index in [0.717, 1.165) is 22.2 Å². The van der Waals surface area contributed by atoms with Crippen molar-refractivity contribution >= 4 is 28.0 Å². The van der Waals surface area contributed by atoms with Crippen LogP contribution in [-0.4, -0.2) is 15.1 Å². The molecule has 0 amide bonds. The predicted octanol–water partition coefficient (Wildman–Crippen LogP) is 4.09. The van der Waals surface area contributed by atoms with E-state index in [0.29, 0.717) is 27.8 Å². The van der Waals surface area contributed by atoms with Gasteiger partial charge in [-0.3, -0.25) is 18.7 Å². The summed E-state index contributed by atoms with van der Waals surface area (Å²) in [7, 11) is 3.45. The van der Waals surface area contributed by atoms with Crippen molar-refractivity contribution in [1.29, 1.82) is 0 Å². The molecule has 6 rings (SSSR count). The van der Waals surface area contributed by atoms with Crippen LogP contribution in [0.5, 0.6) is 5.75 Å². The lowest BCUT2D eigenvalue weighted by Gasteiger charge is -2.25. The van der Waals surface area contributed by atoms with E-state index < -0.39 is 0 Å². The number of esters is 1. The predicted molar refractivity (Wildman–Crippen MR) is 128 cm³/mol. The number of benzene rings is 3. The lowest BCUT2D eigenvalue weighted by Crippen LogP contribution is -2.22. The Labute approximate surface area is 193 Å². The number of hydrogen-bond acceptors (Lipinski definition) is 5. The first-order valence-corrected chi connectivity index (χ1v) is 10.9. The summed E-state index contributed by atoms with van der Waals surface area (Å²) in [5.74, 6) is -0.362. The second-order valence-corrected chi connectivity index (χ2v) is 8.58. The van der Waals surface area contributed by atoms with E-state index in [1.165, 1.54) is 6.26 Å². The maximum Gasteiger partial charge on any atom is 0.328 e. The van der Waals surface area contributed by atoms with Gasteiger partial charge in [0.05, 0.1) is 28.4 Å². The summed E-state index contributed by atoms with van der Waals surface area (Å²) in [5, 5.41) is 0.427. The van der Waals surface area contributed by atoms with Crippen molar-refractivity contribution in [2.24, 2.45) is 14.1 Å². The molecular formula is C27H20N2O5. The Morgan fingerprint density at radius 3 is 2.44 bits per heavy atom. The Morgan fingerprint density at radius 1 is 0.882 bits per heavy atom. The van der Waals surface area contributed by atoms with Crippen LogP contribution in [0.25, 0.3) is 33.1 Å². The van der Waals surface area contributed by atoms with Gasteiger partial charge in [-0.25, -0.2) is 4.79 Å². The molecule has 0 unspecified atom stereocenters. The molecule has 3 heterocycles. The second-order valence-electron chi connectivity index (χ2n) is 8.58. The van der Waals surface area contributed by atoms with Gasteiger partial charge in [0.2, 0.25) is 5.43 Å². The number of rotatable bonds is 2. The molecule has 1 aliphatic heterocycles. The molecule has 168 valence electrons. The number of fused-ring (bicyclic) bond motifs is 4. The summed E-state index contributed by atoms with van der Waals surface area (Å²) in [4.78, 5) is 38.2. The first-order chi connectivity index (χ1) is 16.4. The van der Waals surface area contributed by atoms with Crippen LogP contribution in [0.4, 0.5) is 0 Å². The number of carbonyl (C=O) groups is 1. The number of aryl methyl sites for hydroxylation is 2. The third kappa shape index (κ3) is 2.86. The Kier molecular flexibility index (Phi) is 4.35. The van der Waals surface area contributed by atoms with Crippen LogP contribution >= 0.6 is 0 Å². The van der Waals surface area contributed by atoms with Gasteiger partial charge in [0.15, 0.2) is 0 Å². The minimum absolute atomic E-state index is 0.0997. The van der Waals surface area contributed by atoms with Gasteiger partial charge in [-0.05, 0) is 35.4 Å². The van der Waals surface area contributed by atoms with Gasteiger partial charge in [0, 0.05) is 25.6 Å². The monoisotopic (exact) mass is 452 g/mol. The highest BCUT2D eigenvalue weighted by Crippen LogP contribution is 2.43. The largest absolute Gasteiger partial charge is 0.463 e. The molecule has 0 aliphatic carbocycles. The maximum absolute atomic E-state index is 13.4. The number of nitrogens with zero attached hydrogens (tertiary/aromatic N) is 2. The first-order valence-electron chi connectivity index (χ1n) is 10.9. The van der Waals surface area contributed by atoms with Crippen LogP contribution < -0.4 is 15.9 Å². The molecule has 0 fully saturated rings. The highest BCUT2D eigenvalue weighted by molar-refractivity contribution is 5.90. The highest BCUT2D eigenvalue weighted by Gasteiger charge is 2.32. The van der Waals surface area contributed by atoms with Crippen molar-refractivity contribution in [3.63, 3.8) is 0 Å². The van der Waals surface area contributed by atoms with E-state index in [1.807, 2.05) is 48.5 Å². The zero-order valence-corrected chi connectivity index (χ0v) is 18.6. The van der Waals surface area contributed by atoms with Crippen LogP contribution in [0, 0.1) is 0 Å². The van der Waals surface area contributed by atoms with Crippen molar-refractivity contribution in [3.8, 4) is 16.9 Å². The SMILES string of the molecule is Cn1c(=O)n(C)c2cc([C@H]3CC(=O)Oc4ccc5c(=O)c(-c6ccccc6)coc5c43)ccc21. The number of ether oxygens (including phenoxy) is 1. The molecule has 0 bridgehead atoms. The van der Waals surface area contributed by atoms with E-state index in [2.05, 4.69) is 0 Å². The fourth-order valence-electron chi connectivity index (χ4n) is 4.90. The Balaban J connectivity index is 1.59. The molecular weight excluding hydrogens is 432 g/mol. The summed E-state index contributed by atoms with van der Waals surface area (Å²) in [6, 6.07) is 18.4. The van der Waals surface area contributed by atoms with Crippen LogP contribution in [0.1, 0.15) is 23.5 Å². The van der Waals surface area contributed by atoms with Crippen molar-refractivity contribution in [3.05, 3.63) is 98.8 Å². The topological polar surface area (TPSA) is 83.4 Å². The lowest BCUT2D eigenvalue weighted by atomic mass is 9.85. The molecule has 7 heteroatoms. The van der Waals surface area contributed by atoms with Gasteiger partial charge in [0.25, 0.3) is 0 Å². The van der Waals surface area contributed by atoms with E-state index in [9.17, 15) is 14.4 Å². The summed E-state index contributed by atoms with van der Waals surface area (Å²) < 4.78 is 14.7. The molecule has 3 aromatic carbocycles. The van der Waals surface area contributed by atoms with Gasteiger partial charge < -0.3 is 9.15 Å². The standard InChI is InChI=1S/C27H20N2O5/c1-28-20-10-8-16(12-21(20)29(2)27(28)32)18-13-23(30)34-22-11-9-17-25(31)19(14-33-26(17)24(18)22)15-6-4-3-5-7-15/h3-12,14,18H,13H2,1-2H3/t18-/m1/s1. The molecule has 5 aromatic rings. The van der Waals surface area contributed by atoms with E-state index in [4.69, 9.17) is 9.15 Å². The minimum Gasteiger partial charge on any atom is -0.463 e. The normalized spacial score (nSPS) is 15.5. The van der Waals surface area contributed by atoms with Gasteiger partial charge in [-0.15, -0.1) is 0 Å². The van der Waals surface area contributed by atoms with Gasteiger partial charge in [-0.1, -0.05) is 36.4 Å². The maximum atomic E-state index is 13.4. The summed E-state index contributed by atoms with van der Waals surface area (Å²) in [5.41, 5.74) is 4.44. The number of carbonyl (C=O) groups excluding carboxylic acids is 1. The molecule has 0 radical (unpaired) electrons. The second kappa shape index (κ2) is 7.31. The third-order valence-electron chi connectivity index (χ3n) is 6.67. The molecule has 7 nitrogen and oxygen atoms in total. The minimum atomic E-state index is -0.384. The molecule has 1 aliphatic rings. The number of imidazole rings is 1. The van der Waals surface area contributed by atoms with E-state index in [1.54, 1.807) is 35.4 Å². The zero-order valence-electron chi connectivity index (χ0n) is 18.6. The molecule has 0 saturated carbocycles. The summed E-state index contributed by atoms with van der Waals surface area (Å²) >= 11 is 0. The van der Waals surface area contributed by atoms with Crippen LogP contribution in [0.2, 0.25) is 0 Å². The van der Waals surface area contributed by atoms with Crippen molar-refractivity contribution in [1.82, 2.24) is 9.13 Å². The van der Waals surface area contributed by atoms with Crippen molar-refractivity contribution in [2.45, 2.75) is 12.3 Å². The fraction of sp³-hybridized carbons (Fsp3) is 0.148. The van der Waals surface area contributed by atoms with Crippen molar-refractivity contribution in [2.75, 3.05) is 0 Å². The zero-order chi connectivity index (χ0) is 23.6. The summed E-state index contributed by atoms with van der Waals surface area (Å²) in [6.45, 7) is 0. The highest BCUT2D eigenvalue weighted by atomic mass is 16.5. The number of hydrogen-bond donors (Lipinski definition) is 0. The van der Waals surface area contributed by atoms with Gasteiger partial charge >= 0.3 is 11.7 Å². The summed E-state index contributed by atoms with van der Waals surface area (Å²) in [6.07, 6.45) is 1.57. The molecule has 2 aromatic heterocycles. The molecule has 0 spiro atoms. The smallest absolute Gasteiger partial charge is 0.328 e. The Bertz CT molecular complexity index is 1740. The van der Waals surface area contributed by atoms with Crippen molar-refractivity contribution < 1.29 is 13.9 Å². The van der Waals surface area contributed by atoms with Crippen LogP contribution in [-0.2, 0) is 18.9 Å². The third-order valence-corrected chi connectivity index (χ3v) is 6.67. The van der Waals surface area contributed by atoms with Crippen LogP contribution in [0.3, 0.4) is 0 Å².